The molecule has 2 nitrogen and oxygen atoms in total. The number of benzene rings is 1. The van der Waals surface area contributed by atoms with E-state index in [0.717, 1.165) is 25.2 Å². The van der Waals surface area contributed by atoms with Crippen LogP contribution in [0.15, 0.2) is 24.3 Å². The third kappa shape index (κ3) is 4.44. The maximum Gasteiger partial charge on any atom is 0.104 e. The van der Waals surface area contributed by atoms with Crippen molar-refractivity contribution in [2.75, 3.05) is 13.1 Å². The fourth-order valence-corrected chi connectivity index (χ4v) is 2.24. The van der Waals surface area contributed by atoms with E-state index >= 15 is 0 Å². The number of nitrogens with zero attached hydrogens (tertiary/aromatic N) is 1. The van der Waals surface area contributed by atoms with Crippen LogP contribution in [0.5, 0.6) is 0 Å². The molecule has 1 aromatic rings. The molecular weight excluding hydrogens is 228 g/mol. The van der Waals surface area contributed by atoms with Crippen LogP contribution in [0.1, 0.15) is 37.8 Å². The predicted octanol–water partition coefficient (Wildman–Crippen LogP) is 2.94. The Morgan fingerprint density at radius 1 is 1.18 bits per heavy atom. The van der Waals surface area contributed by atoms with Crippen LogP contribution < -0.4 is 5.73 Å². The van der Waals surface area contributed by atoms with E-state index < -0.39 is 0 Å². The Morgan fingerprint density at radius 3 is 2.29 bits per heavy atom. The molecule has 0 amide bonds. The summed E-state index contributed by atoms with van der Waals surface area (Å²) in [5.74, 6) is 0. The molecule has 0 saturated heterocycles. The topological polar surface area (TPSA) is 29.3 Å². The largest absolute Gasteiger partial charge is 0.389 e. The normalized spacial score (nSPS) is 10.8. The Bertz CT molecular complexity index is 357. The Balaban J connectivity index is 2.80. The lowest BCUT2D eigenvalue weighted by atomic mass is 10.1. The first-order valence-electron chi connectivity index (χ1n) is 6.29. The molecule has 0 unspecified atom stereocenters. The maximum absolute atomic E-state index is 5.75. The second kappa shape index (κ2) is 7.41. The predicted molar refractivity (Wildman–Crippen MR) is 78.2 cm³/mol. The van der Waals surface area contributed by atoms with Crippen molar-refractivity contribution in [2.45, 2.75) is 33.2 Å². The van der Waals surface area contributed by atoms with Crippen molar-refractivity contribution in [2.24, 2.45) is 5.73 Å². The minimum Gasteiger partial charge on any atom is -0.389 e. The van der Waals surface area contributed by atoms with Crippen molar-refractivity contribution >= 4 is 17.2 Å². The van der Waals surface area contributed by atoms with Gasteiger partial charge in [0.25, 0.3) is 0 Å². The van der Waals surface area contributed by atoms with Gasteiger partial charge in [-0.2, -0.15) is 0 Å². The molecule has 0 aromatic heterocycles. The molecule has 2 N–H and O–H groups in total. The SMILES string of the molecule is CCCN(CCC)Cc1ccccc1C(N)=S. The van der Waals surface area contributed by atoms with Crippen LogP contribution in [-0.2, 0) is 6.54 Å². The van der Waals surface area contributed by atoms with Crippen LogP contribution in [0.3, 0.4) is 0 Å². The highest BCUT2D eigenvalue weighted by molar-refractivity contribution is 7.80. The summed E-state index contributed by atoms with van der Waals surface area (Å²) in [7, 11) is 0. The highest BCUT2D eigenvalue weighted by Crippen LogP contribution is 2.12. The van der Waals surface area contributed by atoms with Gasteiger partial charge in [-0.3, -0.25) is 4.90 Å². The van der Waals surface area contributed by atoms with Crippen LogP contribution >= 0.6 is 12.2 Å². The fourth-order valence-electron chi connectivity index (χ4n) is 2.04. The van der Waals surface area contributed by atoms with Crippen LogP contribution in [0.2, 0.25) is 0 Å². The zero-order valence-electron chi connectivity index (χ0n) is 10.8. The molecule has 0 bridgehead atoms. The minimum absolute atomic E-state index is 0.494. The van der Waals surface area contributed by atoms with Crippen LogP contribution in [-0.4, -0.2) is 23.0 Å². The highest BCUT2D eigenvalue weighted by atomic mass is 32.1. The van der Waals surface area contributed by atoms with Crippen molar-refractivity contribution in [1.29, 1.82) is 0 Å². The van der Waals surface area contributed by atoms with Crippen LogP contribution in [0.25, 0.3) is 0 Å². The lowest BCUT2D eigenvalue weighted by Crippen LogP contribution is -2.26. The van der Waals surface area contributed by atoms with Gasteiger partial charge >= 0.3 is 0 Å². The molecule has 0 atom stereocenters. The second-order valence-electron chi connectivity index (χ2n) is 4.30. The third-order valence-corrected chi connectivity index (χ3v) is 2.98. The molecule has 0 fully saturated rings. The summed E-state index contributed by atoms with van der Waals surface area (Å²) in [4.78, 5) is 2.95. The molecule has 1 aromatic carbocycles. The van der Waals surface area contributed by atoms with Crippen molar-refractivity contribution in [3.63, 3.8) is 0 Å². The zero-order valence-corrected chi connectivity index (χ0v) is 11.6. The first-order chi connectivity index (χ1) is 8.19. The standard InChI is InChI=1S/C14H22N2S/c1-3-9-16(10-4-2)11-12-7-5-6-8-13(12)14(15)17/h5-8H,3-4,9-11H2,1-2H3,(H2,15,17). The molecule has 0 aliphatic carbocycles. The Kier molecular flexibility index (Phi) is 6.16. The van der Waals surface area contributed by atoms with Crippen molar-refractivity contribution in [1.82, 2.24) is 4.90 Å². The van der Waals surface area contributed by atoms with Gasteiger partial charge < -0.3 is 5.73 Å². The third-order valence-electron chi connectivity index (χ3n) is 2.76. The molecule has 94 valence electrons. The summed E-state index contributed by atoms with van der Waals surface area (Å²) < 4.78 is 0. The van der Waals surface area contributed by atoms with Crippen molar-refractivity contribution < 1.29 is 0 Å². The van der Waals surface area contributed by atoms with Gasteiger partial charge in [0.1, 0.15) is 4.99 Å². The van der Waals surface area contributed by atoms with Gasteiger partial charge in [-0.25, -0.2) is 0 Å². The summed E-state index contributed by atoms with van der Waals surface area (Å²) >= 11 is 5.09. The molecule has 0 radical (unpaired) electrons. The smallest absolute Gasteiger partial charge is 0.104 e. The molecule has 0 heterocycles. The van der Waals surface area contributed by atoms with Gasteiger partial charge in [-0.05, 0) is 31.5 Å². The van der Waals surface area contributed by atoms with Gasteiger partial charge in [0.2, 0.25) is 0 Å². The molecule has 17 heavy (non-hydrogen) atoms. The number of rotatable bonds is 7. The average Bonchev–Trinajstić information content (AvgIpc) is 2.30. The van der Waals surface area contributed by atoms with Crippen LogP contribution in [0, 0.1) is 0 Å². The number of hydrogen-bond acceptors (Lipinski definition) is 2. The van der Waals surface area contributed by atoms with Gasteiger partial charge in [0.05, 0.1) is 0 Å². The van der Waals surface area contributed by atoms with E-state index in [4.69, 9.17) is 18.0 Å². The van der Waals surface area contributed by atoms with Gasteiger partial charge in [0.15, 0.2) is 0 Å². The average molecular weight is 250 g/mol. The van der Waals surface area contributed by atoms with E-state index in [2.05, 4.69) is 24.8 Å². The molecule has 1 rings (SSSR count). The lowest BCUT2D eigenvalue weighted by molar-refractivity contribution is 0.266. The molecular formula is C14H22N2S. The Morgan fingerprint density at radius 2 is 1.76 bits per heavy atom. The highest BCUT2D eigenvalue weighted by Gasteiger charge is 2.08. The van der Waals surface area contributed by atoms with E-state index in [0.29, 0.717) is 4.99 Å². The molecule has 0 spiro atoms. The minimum atomic E-state index is 0.494. The summed E-state index contributed by atoms with van der Waals surface area (Å²) in [6.07, 6.45) is 2.35. The summed E-state index contributed by atoms with van der Waals surface area (Å²) in [6.45, 7) is 7.61. The van der Waals surface area contributed by atoms with Crippen molar-refractivity contribution in [3.8, 4) is 0 Å². The van der Waals surface area contributed by atoms with E-state index in [1.807, 2.05) is 18.2 Å². The Hall–Kier alpha value is -0.930. The van der Waals surface area contributed by atoms with E-state index in [9.17, 15) is 0 Å². The van der Waals surface area contributed by atoms with E-state index in [1.54, 1.807) is 0 Å². The zero-order chi connectivity index (χ0) is 12.7. The first kappa shape index (κ1) is 14.1. The number of thiocarbonyl (C=S) groups is 1. The quantitative estimate of drug-likeness (QED) is 0.754. The summed E-state index contributed by atoms with van der Waals surface area (Å²) in [6, 6.07) is 8.16. The van der Waals surface area contributed by atoms with Crippen molar-refractivity contribution in [3.05, 3.63) is 35.4 Å². The van der Waals surface area contributed by atoms with E-state index in [-0.39, 0.29) is 0 Å². The number of hydrogen-bond donors (Lipinski definition) is 1. The van der Waals surface area contributed by atoms with Gasteiger partial charge in [0, 0.05) is 12.1 Å². The first-order valence-corrected chi connectivity index (χ1v) is 6.69. The molecule has 0 saturated carbocycles. The fraction of sp³-hybridized carbons (Fsp3) is 0.500. The van der Waals surface area contributed by atoms with Gasteiger partial charge in [-0.1, -0.05) is 50.3 Å². The van der Waals surface area contributed by atoms with Gasteiger partial charge in [-0.15, -0.1) is 0 Å². The summed E-state index contributed by atoms with van der Waals surface area (Å²) in [5, 5.41) is 0. The summed E-state index contributed by atoms with van der Waals surface area (Å²) in [5.41, 5.74) is 8.00. The Labute approximate surface area is 110 Å². The molecule has 0 aliphatic heterocycles. The monoisotopic (exact) mass is 250 g/mol. The molecule has 0 aliphatic rings. The van der Waals surface area contributed by atoms with E-state index in [1.165, 1.54) is 18.4 Å². The second-order valence-corrected chi connectivity index (χ2v) is 4.74. The van der Waals surface area contributed by atoms with Crippen LogP contribution in [0.4, 0.5) is 0 Å². The maximum atomic E-state index is 5.75. The lowest BCUT2D eigenvalue weighted by Gasteiger charge is -2.22. The number of nitrogens with two attached hydrogens (primary N) is 1. The molecule has 3 heteroatoms.